The largest absolute Gasteiger partial charge is 0.480 e. The van der Waals surface area contributed by atoms with Gasteiger partial charge in [-0.3, -0.25) is 0 Å². The molecule has 1 heterocycles. The van der Waals surface area contributed by atoms with Crippen LogP contribution in [0, 0.1) is 0 Å². The molecule has 1 aliphatic rings. The third-order valence-corrected chi connectivity index (χ3v) is 4.02. The van der Waals surface area contributed by atoms with Crippen molar-refractivity contribution in [3.8, 4) is 0 Å². The lowest BCUT2D eigenvalue weighted by atomic mass is 10.3. The van der Waals surface area contributed by atoms with E-state index in [9.17, 15) is 18.0 Å². The second-order valence-electron chi connectivity index (χ2n) is 3.66. The van der Waals surface area contributed by atoms with Crippen molar-refractivity contribution in [3.05, 3.63) is 0 Å². The molecule has 8 nitrogen and oxygen atoms in total. The molecule has 1 unspecified atom stereocenters. The molecular formula is C8H14N2O6S. The number of aliphatic hydroxyl groups excluding tert-OH is 1. The van der Waals surface area contributed by atoms with Gasteiger partial charge in [-0.1, -0.05) is 0 Å². The number of carbonyl (C=O) groups is 2. The van der Waals surface area contributed by atoms with Crippen LogP contribution >= 0.6 is 0 Å². The first kappa shape index (κ1) is 13.7. The van der Waals surface area contributed by atoms with Gasteiger partial charge in [0.15, 0.2) is 15.9 Å². The molecule has 0 spiro atoms. The lowest BCUT2D eigenvalue weighted by molar-refractivity contribution is -0.140. The number of carboxylic acids is 1. The number of nitrogens with one attached hydrogen (secondary N) is 1. The predicted molar refractivity (Wildman–Crippen MR) is 57.3 cm³/mol. The SMILES string of the molecule is O=C(O)C(CO)NC(=O)N1CCS(=O)(=O)CC1. The van der Waals surface area contributed by atoms with Crippen molar-refractivity contribution in [1.82, 2.24) is 10.2 Å². The monoisotopic (exact) mass is 266 g/mol. The molecule has 2 amide bonds. The zero-order valence-corrected chi connectivity index (χ0v) is 9.81. The van der Waals surface area contributed by atoms with Crippen LogP contribution in [-0.2, 0) is 14.6 Å². The number of aliphatic carboxylic acids is 1. The van der Waals surface area contributed by atoms with E-state index >= 15 is 0 Å². The summed E-state index contributed by atoms with van der Waals surface area (Å²) >= 11 is 0. The van der Waals surface area contributed by atoms with Gasteiger partial charge in [0.1, 0.15) is 0 Å². The molecule has 0 aromatic rings. The molecule has 1 aliphatic heterocycles. The lowest BCUT2D eigenvalue weighted by Gasteiger charge is -2.27. The van der Waals surface area contributed by atoms with Crippen LogP contribution in [-0.4, -0.2) is 72.8 Å². The molecule has 1 atom stereocenters. The Morgan fingerprint density at radius 1 is 1.29 bits per heavy atom. The van der Waals surface area contributed by atoms with E-state index < -0.39 is 34.5 Å². The lowest BCUT2D eigenvalue weighted by Crippen LogP contribution is -2.53. The van der Waals surface area contributed by atoms with Crippen molar-refractivity contribution in [3.63, 3.8) is 0 Å². The normalized spacial score (nSPS) is 20.6. The van der Waals surface area contributed by atoms with Gasteiger partial charge in [0, 0.05) is 13.1 Å². The van der Waals surface area contributed by atoms with E-state index in [0.717, 1.165) is 0 Å². The minimum absolute atomic E-state index is 0.0337. The highest BCUT2D eigenvalue weighted by atomic mass is 32.2. The zero-order valence-electron chi connectivity index (χ0n) is 9.00. The van der Waals surface area contributed by atoms with E-state index in [1.54, 1.807) is 0 Å². The van der Waals surface area contributed by atoms with E-state index in [1.807, 2.05) is 0 Å². The summed E-state index contributed by atoms with van der Waals surface area (Å²) in [6.45, 7) is -0.648. The number of amides is 2. The number of hydrogen-bond acceptors (Lipinski definition) is 5. The third kappa shape index (κ3) is 3.86. The number of sulfone groups is 1. The molecule has 1 rings (SSSR count). The Bertz CT molecular complexity index is 392. The first-order chi connectivity index (χ1) is 7.85. The van der Waals surface area contributed by atoms with Crippen LogP contribution in [0.15, 0.2) is 0 Å². The highest BCUT2D eigenvalue weighted by Crippen LogP contribution is 2.04. The number of carbonyl (C=O) groups excluding carboxylic acids is 1. The van der Waals surface area contributed by atoms with Crippen LogP contribution in [0.2, 0.25) is 0 Å². The summed E-state index contributed by atoms with van der Waals surface area (Å²) in [5, 5.41) is 19.4. The zero-order chi connectivity index (χ0) is 13.1. The molecule has 1 saturated heterocycles. The summed E-state index contributed by atoms with van der Waals surface area (Å²) in [6, 6.07) is -2.05. The molecule has 9 heteroatoms. The first-order valence-electron chi connectivity index (χ1n) is 4.95. The topological polar surface area (TPSA) is 124 Å². The molecule has 0 radical (unpaired) electrons. The summed E-state index contributed by atoms with van der Waals surface area (Å²) in [4.78, 5) is 23.3. The van der Waals surface area contributed by atoms with Crippen LogP contribution in [0.3, 0.4) is 0 Å². The van der Waals surface area contributed by atoms with Gasteiger partial charge in [-0.15, -0.1) is 0 Å². The van der Waals surface area contributed by atoms with Gasteiger partial charge < -0.3 is 20.4 Å². The fourth-order valence-corrected chi connectivity index (χ4v) is 2.54. The van der Waals surface area contributed by atoms with E-state index in [1.165, 1.54) is 4.90 Å². The number of urea groups is 1. The predicted octanol–water partition coefficient (Wildman–Crippen LogP) is -2.13. The van der Waals surface area contributed by atoms with E-state index in [-0.39, 0.29) is 24.6 Å². The Balaban J connectivity index is 2.52. The van der Waals surface area contributed by atoms with E-state index in [2.05, 4.69) is 5.32 Å². The summed E-state index contributed by atoms with van der Waals surface area (Å²) in [5.74, 6) is -1.60. The molecule has 0 aliphatic carbocycles. The summed E-state index contributed by atoms with van der Waals surface area (Å²) in [7, 11) is -3.09. The molecule has 0 aromatic carbocycles. The van der Waals surface area contributed by atoms with Crippen LogP contribution in [0.25, 0.3) is 0 Å². The maximum atomic E-state index is 11.5. The van der Waals surface area contributed by atoms with Crippen molar-refractivity contribution < 1.29 is 28.2 Å². The minimum Gasteiger partial charge on any atom is -0.480 e. The quantitative estimate of drug-likeness (QED) is 0.536. The fraction of sp³-hybridized carbons (Fsp3) is 0.750. The fourth-order valence-electron chi connectivity index (χ4n) is 1.34. The van der Waals surface area contributed by atoms with Gasteiger partial charge in [-0.05, 0) is 0 Å². The van der Waals surface area contributed by atoms with Crippen molar-refractivity contribution in [1.29, 1.82) is 0 Å². The van der Waals surface area contributed by atoms with E-state index in [0.29, 0.717) is 0 Å². The Kier molecular flexibility index (Phi) is 4.29. The average Bonchev–Trinajstić information content (AvgIpc) is 2.25. The second kappa shape index (κ2) is 5.32. The molecule has 0 saturated carbocycles. The van der Waals surface area contributed by atoms with Crippen LogP contribution in [0.5, 0.6) is 0 Å². The highest BCUT2D eigenvalue weighted by molar-refractivity contribution is 7.91. The Morgan fingerprint density at radius 3 is 2.24 bits per heavy atom. The Hall–Kier alpha value is -1.35. The standard InChI is InChI=1S/C8H14N2O6S/c11-5-6(7(12)13)9-8(14)10-1-3-17(15,16)4-2-10/h6,11H,1-5H2,(H,9,14)(H,12,13). The summed E-state index contributed by atoms with van der Waals surface area (Å²) < 4.78 is 22.2. The van der Waals surface area contributed by atoms with Gasteiger partial charge in [-0.25, -0.2) is 18.0 Å². The summed E-state index contributed by atoms with van der Waals surface area (Å²) in [5.41, 5.74) is 0. The van der Waals surface area contributed by atoms with Crippen LogP contribution < -0.4 is 5.32 Å². The highest BCUT2D eigenvalue weighted by Gasteiger charge is 2.27. The molecular weight excluding hydrogens is 252 g/mol. The smallest absolute Gasteiger partial charge is 0.328 e. The Labute approximate surface area is 98.1 Å². The van der Waals surface area contributed by atoms with Gasteiger partial charge >= 0.3 is 12.0 Å². The van der Waals surface area contributed by atoms with Crippen molar-refractivity contribution in [2.24, 2.45) is 0 Å². The maximum Gasteiger partial charge on any atom is 0.328 e. The van der Waals surface area contributed by atoms with Gasteiger partial charge in [0.05, 0.1) is 18.1 Å². The van der Waals surface area contributed by atoms with E-state index in [4.69, 9.17) is 10.2 Å². The minimum atomic E-state index is -3.09. The van der Waals surface area contributed by atoms with Gasteiger partial charge in [0.25, 0.3) is 0 Å². The molecule has 0 bridgehead atoms. The van der Waals surface area contributed by atoms with Crippen molar-refractivity contribution in [2.45, 2.75) is 6.04 Å². The van der Waals surface area contributed by atoms with Crippen molar-refractivity contribution in [2.75, 3.05) is 31.2 Å². The van der Waals surface area contributed by atoms with Gasteiger partial charge in [-0.2, -0.15) is 0 Å². The molecule has 17 heavy (non-hydrogen) atoms. The molecule has 1 fully saturated rings. The molecule has 0 aromatic heterocycles. The van der Waals surface area contributed by atoms with Crippen LogP contribution in [0.1, 0.15) is 0 Å². The number of rotatable bonds is 3. The molecule has 98 valence electrons. The Morgan fingerprint density at radius 2 is 1.82 bits per heavy atom. The van der Waals surface area contributed by atoms with Crippen LogP contribution in [0.4, 0.5) is 4.79 Å². The third-order valence-electron chi connectivity index (χ3n) is 2.41. The first-order valence-corrected chi connectivity index (χ1v) is 6.77. The number of nitrogens with zero attached hydrogens (tertiary/aromatic N) is 1. The molecule has 3 N–H and O–H groups in total. The number of aliphatic hydroxyl groups is 1. The maximum absolute atomic E-state index is 11.5. The summed E-state index contributed by atoms with van der Waals surface area (Å²) in [6.07, 6.45) is 0. The number of hydrogen-bond donors (Lipinski definition) is 3. The average molecular weight is 266 g/mol. The van der Waals surface area contributed by atoms with Gasteiger partial charge in [0.2, 0.25) is 0 Å². The number of carboxylic acid groups (broad SMARTS) is 1. The second-order valence-corrected chi connectivity index (χ2v) is 5.97. The van der Waals surface area contributed by atoms with Crippen molar-refractivity contribution >= 4 is 21.8 Å².